The van der Waals surface area contributed by atoms with Crippen LogP contribution in [0.15, 0.2) is 54.6 Å². The van der Waals surface area contributed by atoms with Crippen LogP contribution in [-0.4, -0.2) is 19.1 Å². The third-order valence-corrected chi connectivity index (χ3v) is 3.48. The van der Waals surface area contributed by atoms with Crippen LogP contribution in [0.25, 0.3) is 0 Å². The number of hydrogen-bond acceptors (Lipinski definition) is 4. The van der Waals surface area contributed by atoms with Gasteiger partial charge in [0, 0.05) is 13.0 Å². The average Bonchev–Trinajstić information content (AvgIpc) is 2.58. The second kappa shape index (κ2) is 10.3. The molecule has 0 heterocycles. The van der Waals surface area contributed by atoms with Crippen molar-refractivity contribution in [1.82, 2.24) is 5.32 Å². The molecular weight excluding hydrogens is 342 g/mol. The molecule has 0 amide bonds. The summed E-state index contributed by atoms with van der Waals surface area (Å²) >= 11 is 0. The molecule has 0 spiro atoms. The Labute approximate surface area is 161 Å². The number of benzene rings is 2. The van der Waals surface area contributed by atoms with E-state index in [0.717, 1.165) is 17.7 Å². The molecule has 0 aliphatic carbocycles. The minimum absolute atomic E-state index is 0. The van der Waals surface area contributed by atoms with Crippen molar-refractivity contribution in [3.8, 4) is 5.75 Å². The van der Waals surface area contributed by atoms with Crippen LogP contribution in [0.2, 0.25) is 0 Å². The Bertz CT molecular complexity index is 678. The Morgan fingerprint density at radius 2 is 1.69 bits per heavy atom. The number of aliphatic carboxylic acids is 1. The first kappa shape index (κ1) is 22.1. The zero-order valence-corrected chi connectivity index (χ0v) is 14.3. The molecule has 4 nitrogen and oxygen atoms in total. The van der Waals surface area contributed by atoms with Gasteiger partial charge < -0.3 is 20.0 Å². The van der Waals surface area contributed by atoms with Gasteiger partial charge in [-0.3, -0.25) is 0 Å². The number of alkyl halides is 3. The molecule has 0 fully saturated rings. The fourth-order valence-corrected chi connectivity index (χ4v) is 2.27. The van der Waals surface area contributed by atoms with Gasteiger partial charge in [-0.1, -0.05) is 30.3 Å². The van der Waals surface area contributed by atoms with Gasteiger partial charge in [0.05, 0.1) is 11.5 Å². The van der Waals surface area contributed by atoms with Crippen molar-refractivity contribution in [1.29, 1.82) is 0 Å². The van der Waals surface area contributed by atoms with E-state index in [1.807, 2.05) is 30.3 Å². The summed E-state index contributed by atoms with van der Waals surface area (Å²) in [5.41, 5.74) is 0.101. The molecule has 0 unspecified atom stereocenters. The Morgan fingerprint density at radius 1 is 1.08 bits per heavy atom. The fraction of sp³-hybridized carbons (Fsp3) is 0.278. The quantitative estimate of drug-likeness (QED) is 0.513. The topological polar surface area (TPSA) is 61.4 Å². The summed E-state index contributed by atoms with van der Waals surface area (Å²) in [6, 6.07) is 13.6. The van der Waals surface area contributed by atoms with E-state index in [0.29, 0.717) is 18.7 Å². The first-order chi connectivity index (χ1) is 11.9. The molecule has 2 rings (SSSR count). The number of carboxylic acid groups (broad SMARTS) is 1. The zero-order valence-electron chi connectivity index (χ0n) is 14.3. The minimum atomic E-state index is -4.40. The number of rotatable bonds is 8. The maximum atomic E-state index is 12.6. The molecule has 2 aromatic carbocycles. The molecule has 0 saturated heterocycles. The maximum Gasteiger partial charge on any atom is 1.00 e. The predicted molar refractivity (Wildman–Crippen MR) is 83.7 cm³/mol. The molecular formula is C18H17F3LiNO3. The number of nitrogens with one attached hydrogen (secondary N) is 1. The maximum absolute atomic E-state index is 12.6. The second-order valence-corrected chi connectivity index (χ2v) is 5.38. The Balaban J connectivity index is 0.00000338. The molecule has 8 heteroatoms. The predicted octanol–water partition coefficient (Wildman–Crippen LogP) is -0.441. The van der Waals surface area contributed by atoms with Crippen LogP contribution in [0, 0.1) is 0 Å². The van der Waals surface area contributed by atoms with Gasteiger partial charge >= 0.3 is 25.0 Å². The van der Waals surface area contributed by atoms with Crippen molar-refractivity contribution < 1.29 is 46.7 Å². The van der Waals surface area contributed by atoms with Gasteiger partial charge in [0.25, 0.3) is 0 Å². The summed E-state index contributed by atoms with van der Waals surface area (Å²) in [7, 11) is 0. The van der Waals surface area contributed by atoms with Crippen molar-refractivity contribution in [2.75, 3.05) is 13.1 Å². The average molecular weight is 359 g/mol. The van der Waals surface area contributed by atoms with E-state index in [2.05, 4.69) is 5.32 Å². The minimum Gasteiger partial charge on any atom is -0.549 e. The number of halogens is 3. The van der Waals surface area contributed by atoms with Crippen molar-refractivity contribution >= 4 is 5.97 Å². The smallest absolute Gasteiger partial charge is 0.549 e. The van der Waals surface area contributed by atoms with E-state index in [1.54, 1.807) is 0 Å². The van der Waals surface area contributed by atoms with Crippen molar-refractivity contribution in [2.24, 2.45) is 0 Å². The van der Waals surface area contributed by atoms with E-state index in [4.69, 9.17) is 4.74 Å². The van der Waals surface area contributed by atoms with Crippen LogP contribution in [-0.2, 0) is 11.0 Å². The van der Waals surface area contributed by atoms with Gasteiger partial charge in [-0.25, -0.2) is 0 Å². The Kier molecular flexibility index (Phi) is 8.73. The fourth-order valence-electron chi connectivity index (χ4n) is 2.27. The van der Waals surface area contributed by atoms with Crippen LogP contribution in [0.4, 0.5) is 13.2 Å². The van der Waals surface area contributed by atoms with E-state index in [9.17, 15) is 23.1 Å². The summed E-state index contributed by atoms with van der Waals surface area (Å²) < 4.78 is 43.7. The summed E-state index contributed by atoms with van der Waals surface area (Å²) in [6.45, 7) is 0.0793. The van der Waals surface area contributed by atoms with E-state index in [1.165, 1.54) is 12.1 Å². The Hall–Kier alpha value is -1.94. The molecule has 134 valence electrons. The molecule has 0 bridgehead atoms. The first-order valence-corrected chi connectivity index (χ1v) is 7.65. The van der Waals surface area contributed by atoms with Crippen molar-refractivity contribution in [3.05, 3.63) is 65.7 Å². The van der Waals surface area contributed by atoms with Gasteiger partial charge in [0.2, 0.25) is 0 Å². The van der Waals surface area contributed by atoms with Crippen molar-refractivity contribution in [3.63, 3.8) is 0 Å². The molecule has 0 aromatic heterocycles. The molecule has 0 saturated carbocycles. The number of ether oxygens (including phenoxy) is 1. The van der Waals surface area contributed by atoms with Gasteiger partial charge in [-0.15, -0.1) is 0 Å². The number of hydrogen-bond donors (Lipinski definition) is 1. The SMILES string of the molecule is O=C([O-])CNCC[C@@H](Oc1ccc(C(F)(F)F)cc1)c1ccccc1.[Li+]. The molecule has 1 atom stereocenters. The van der Waals surface area contributed by atoms with Crippen LogP contribution in [0.5, 0.6) is 5.75 Å². The molecule has 0 aliphatic heterocycles. The van der Waals surface area contributed by atoms with Gasteiger partial charge in [-0.2, -0.15) is 13.2 Å². The number of carboxylic acids is 1. The van der Waals surface area contributed by atoms with Gasteiger partial charge in [-0.05, 0) is 36.4 Å². The number of carbonyl (C=O) groups excluding carboxylic acids is 1. The second-order valence-electron chi connectivity index (χ2n) is 5.38. The van der Waals surface area contributed by atoms with E-state index in [-0.39, 0.29) is 25.4 Å². The van der Waals surface area contributed by atoms with Crippen LogP contribution in [0.1, 0.15) is 23.7 Å². The third-order valence-electron chi connectivity index (χ3n) is 3.48. The largest absolute Gasteiger partial charge is 1.00 e. The van der Waals surface area contributed by atoms with Crippen LogP contribution < -0.4 is 34.0 Å². The van der Waals surface area contributed by atoms with Crippen LogP contribution in [0.3, 0.4) is 0 Å². The first-order valence-electron chi connectivity index (χ1n) is 7.65. The molecule has 2 aromatic rings. The van der Waals surface area contributed by atoms with Crippen molar-refractivity contribution in [2.45, 2.75) is 18.7 Å². The monoisotopic (exact) mass is 359 g/mol. The standard InChI is InChI=1S/C18H18F3NO3.Li/c19-18(20,21)14-6-8-15(9-7-14)25-16(10-11-22-12-17(23)24)13-4-2-1-3-5-13;/h1-9,16,22H,10-12H2,(H,23,24);/q;+1/p-1/t16-;/m1./s1. The molecule has 0 radical (unpaired) electrons. The van der Waals surface area contributed by atoms with Gasteiger partial charge in [0.15, 0.2) is 0 Å². The summed E-state index contributed by atoms with van der Waals surface area (Å²) in [6.07, 6.45) is -4.38. The van der Waals surface area contributed by atoms with E-state index >= 15 is 0 Å². The molecule has 0 aliphatic rings. The van der Waals surface area contributed by atoms with Gasteiger partial charge in [0.1, 0.15) is 11.9 Å². The summed E-state index contributed by atoms with van der Waals surface area (Å²) in [4.78, 5) is 10.4. The Morgan fingerprint density at radius 3 is 2.23 bits per heavy atom. The van der Waals surface area contributed by atoms with Crippen LogP contribution >= 0.6 is 0 Å². The molecule has 1 N–H and O–H groups in total. The van der Waals surface area contributed by atoms with E-state index < -0.39 is 23.8 Å². The molecule has 26 heavy (non-hydrogen) atoms. The normalized spacial score (nSPS) is 12.1. The zero-order chi connectivity index (χ0) is 18.3. The number of carbonyl (C=O) groups is 1. The summed E-state index contributed by atoms with van der Waals surface area (Å²) in [5.74, 6) is -0.901. The summed E-state index contributed by atoms with van der Waals surface area (Å²) in [5, 5.41) is 13.1. The third kappa shape index (κ3) is 7.12.